The number of aromatic nitrogens is 2. The van der Waals surface area contributed by atoms with Crippen molar-refractivity contribution >= 4 is 72.4 Å². The average molecular weight is 907 g/mol. The molecule has 0 unspecified atom stereocenters. The van der Waals surface area contributed by atoms with Crippen LogP contribution in [0.5, 0.6) is 0 Å². The summed E-state index contributed by atoms with van der Waals surface area (Å²) in [5.74, 6) is 0. The van der Waals surface area contributed by atoms with Crippen LogP contribution in [-0.2, 0) is 5.41 Å². The summed E-state index contributed by atoms with van der Waals surface area (Å²) in [6.45, 7) is 0. The van der Waals surface area contributed by atoms with Gasteiger partial charge in [0, 0.05) is 32.9 Å². The molecule has 1 aliphatic carbocycles. The molecule has 0 atom stereocenters. The molecule has 0 radical (unpaired) electrons. The lowest BCUT2D eigenvalue weighted by molar-refractivity contribution is 0.769. The largest absolute Gasteiger partial charge is 0.309 e. The van der Waals surface area contributed by atoms with E-state index in [1.54, 1.807) is 0 Å². The fourth-order valence-corrected chi connectivity index (χ4v) is 17.4. The van der Waals surface area contributed by atoms with Crippen molar-refractivity contribution in [3.05, 3.63) is 301 Å². The Hall–Kier alpha value is -8.76. The summed E-state index contributed by atoms with van der Waals surface area (Å²) in [7, 11) is -3.28. The fraction of sp³-hybridized carbons (Fsp3) is 0.0149. The van der Waals surface area contributed by atoms with Crippen LogP contribution >= 0.6 is 0 Å². The summed E-state index contributed by atoms with van der Waals surface area (Å²) >= 11 is 0. The molecule has 0 amide bonds. The molecular formula is C67H46N2Si. The lowest BCUT2D eigenvalue weighted by Gasteiger charge is -2.38. The second-order valence-corrected chi connectivity index (χ2v) is 22.6. The molecule has 14 rings (SSSR count). The third-order valence-electron chi connectivity index (χ3n) is 15.3. The topological polar surface area (TPSA) is 9.86 Å². The predicted octanol–water partition coefficient (Wildman–Crippen LogP) is 13.6. The molecule has 0 bridgehead atoms. The van der Waals surface area contributed by atoms with Crippen LogP contribution in [0.1, 0.15) is 22.3 Å². The van der Waals surface area contributed by atoms with Crippen molar-refractivity contribution in [2.75, 3.05) is 0 Å². The quantitative estimate of drug-likeness (QED) is 0.106. The van der Waals surface area contributed by atoms with Gasteiger partial charge >= 0.3 is 0 Å². The molecule has 13 aromatic rings. The van der Waals surface area contributed by atoms with Crippen LogP contribution < -0.4 is 20.7 Å². The molecule has 70 heavy (non-hydrogen) atoms. The molecule has 0 fully saturated rings. The third-order valence-corrected chi connectivity index (χ3v) is 20.0. The van der Waals surface area contributed by atoms with Gasteiger partial charge in [-0.2, -0.15) is 0 Å². The van der Waals surface area contributed by atoms with E-state index in [1.807, 2.05) is 0 Å². The second kappa shape index (κ2) is 15.9. The number of rotatable bonds is 8. The highest BCUT2D eigenvalue weighted by molar-refractivity contribution is 7.20. The highest BCUT2D eigenvalue weighted by Gasteiger charge is 2.48. The molecular weight excluding hydrogens is 861 g/mol. The van der Waals surface area contributed by atoms with Gasteiger partial charge in [-0.1, -0.05) is 237 Å². The minimum atomic E-state index is -3.28. The number of hydrogen-bond donors (Lipinski definition) is 0. The number of para-hydroxylation sites is 4. The van der Waals surface area contributed by atoms with Gasteiger partial charge in [0.25, 0.3) is 0 Å². The van der Waals surface area contributed by atoms with E-state index in [-0.39, 0.29) is 0 Å². The van der Waals surface area contributed by atoms with Crippen molar-refractivity contribution in [2.45, 2.75) is 5.41 Å². The normalized spacial score (nSPS) is 13.0. The Kier molecular flexibility index (Phi) is 9.17. The summed E-state index contributed by atoms with van der Waals surface area (Å²) in [5, 5.41) is 10.3. The van der Waals surface area contributed by atoms with Crippen molar-refractivity contribution in [1.82, 2.24) is 9.13 Å². The van der Waals surface area contributed by atoms with Gasteiger partial charge in [-0.15, -0.1) is 0 Å². The van der Waals surface area contributed by atoms with Gasteiger partial charge in [-0.25, -0.2) is 0 Å². The Morgan fingerprint density at radius 2 is 0.614 bits per heavy atom. The van der Waals surface area contributed by atoms with Gasteiger partial charge in [-0.05, 0) is 96.6 Å². The maximum atomic E-state index is 2.60. The summed E-state index contributed by atoms with van der Waals surface area (Å²) < 4.78 is 5.02. The van der Waals surface area contributed by atoms with E-state index in [1.165, 1.54) is 97.7 Å². The predicted molar refractivity (Wildman–Crippen MR) is 296 cm³/mol. The van der Waals surface area contributed by atoms with E-state index >= 15 is 0 Å². The van der Waals surface area contributed by atoms with Crippen molar-refractivity contribution in [2.24, 2.45) is 0 Å². The molecule has 328 valence electrons. The maximum Gasteiger partial charge on any atom is 0.179 e. The second-order valence-electron chi connectivity index (χ2n) is 18.7. The average Bonchev–Trinajstić information content (AvgIpc) is 4.07. The number of nitrogens with zero attached hydrogens (tertiary/aromatic N) is 2. The first-order valence-electron chi connectivity index (χ1n) is 24.3. The number of benzene rings is 11. The lowest BCUT2D eigenvalue weighted by atomic mass is 9.68. The first-order chi connectivity index (χ1) is 34.7. The zero-order valence-electron chi connectivity index (χ0n) is 38.5. The van der Waals surface area contributed by atoms with Gasteiger partial charge in [0.05, 0.1) is 27.5 Å². The van der Waals surface area contributed by atoms with E-state index in [0.29, 0.717) is 0 Å². The zero-order chi connectivity index (χ0) is 46.2. The molecule has 2 heterocycles. The molecule has 0 spiro atoms. The van der Waals surface area contributed by atoms with Crippen molar-refractivity contribution in [1.29, 1.82) is 0 Å². The molecule has 0 N–H and O–H groups in total. The summed E-state index contributed by atoms with van der Waals surface area (Å²) in [6, 6.07) is 105. The Morgan fingerprint density at radius 1 is 0.257 bits per heavy atom. The number of hydrogen-bond acceptors (Lipinski definition) is 0. The Labute approximate surface area is 408 Å². The lowest BCUT2D eigenvalue weighted by Crippen LogP contribution is -2.75. The first-order valence-corrected chi connectivity index (χ1v) is 26.3. The SMILES string of the molecule is c1ccc(C2(c3cccc([Si](c4ccccc4)(c4ccccc4)c4cc(-n5c6ccccc6c6ccccc65)cc(-n5c6ccccc6c6ccccc65)c4)c3)c3ccccc3-c3ccccc32)cc1. The molecule has 2 nitrogen and oxygen atoms in total. The smallest absolute Gasteiger partial charge is 0.179 e. The van der Waals surface area contributed by atoms with Gasteiger partial charge in [0.15, 0.2) is 8.07 Å². The molecule has 0 saturated carbocycles. The van der Waals surface area contributed by atoms with Crippen molar-refractivity contribution in [3.8, 4) is 22.5 Å². The van der Waals surface area contributed by atoms with Crippen molar-refractivity contribution < 1.29 is 0 Å². The van der Waals surface area contributed by atoms with Crippen LogP contribution in [-0.4, -0.2) is 17.2 Å². The fourth-order valence-electron chi connectivity index (χ4n) is 12.5. The highest BCUT2D eigenvalue weighted by Crippen LogP contribution is 2.56. The van der Waals surface area contributed by atoms with E-state index < -0.39 is 13.5 Å². The standard InChI is InChI=1S/C67H46N2Si/c1-4-23-47(24-5-1)67(61-37-16-10-31-55(61)56-32-11-17-38-62(56)67)48-25-22-30-53(43-48)70(51-26-6-2-7-27-51,52-28-8-3-9-29-52)54-45-49(68-63-39-18-12-33-57(63)58-34-13-19-40-64(58)68)44-50(46-54)69-65-41-20-14-35-59(65)60-36-15-21-42-66(60)69/h1-46H. The van der Waals surface area contributed by atoms with Crippen LogP contribution in [0, 0.1) is 0 Å². The maximum absolute atomic E-state index is 3.28. The van der Waals surface area contributed by atoms with E-state index in [4.69, 9.17) is 0 Å². The van der Waals surface area contributed by atoms with E-state index in [0.717, 1.165) is 11.4 Å². The minimum Gasteiger partial charge on any atom is -0.309 e. The molecule has 2 aromatic heterocycles. The molecule has 11 aromatic carbocycles. The van der Waals surface area contributed by atoms with Gasteiger partial charge in [0.2, 0.25) is 0 Å². The highest BCUT2D eigenvalue weighted by atomic mass is 28.3. The van der Waals surface area contributed by atoms with Crippen LogP contribution in [0.4, 0.5) is 0 Å². The molecule has 1 aliphatic rings. The Bertz CT molecular complexity index is 3800. The van der Waals surface area contributed by atoms with E-state index in [9.17, 15) is 0 Å². The van der Waals surface area contributed by atoms with Gasteiger partial charge in [-0.3, -0.25) is 0 Å². The third kappa shape index (κ3) is 5.73. The Balaban J connectivity index is 1.15. The van der Waals surface area contributed by atoms with Crippen LogP contribution in [0.25, 0.3) is 66.1 Å². The van der Waals surface area contributed by atoms with Crippen LogP contribution in [0.3, 0.4) is 0 Å². The van der Waals surface area contributed by atoms with Gasteiger partial charge < -0.3 is 9.13 Å². The Morgan fingerprint density at radius 3 is 1.07 bits per heavy atom. The van der Waals surface area contributed by atoms with Crippen LogP contribution in [0.15, 0.2) is 279 Å². The summed E-state index contributed by atoms with van der Waals surface area (Å²) in [6.07, 6.45) is 0. The molecule has 0 aliphatic heterocycles. The van der Waals surface area contributed by atoms with Crippen LogP contribution in [0.2, 0.25) is 0 Å². The molecule has 3 heteroatoms. The van der Waals surface area contributed by atoms with E-state index in [2.05, 4.69) is 288 Å². The van der Waals surface area contributed by atoms with Gasteiger partial charge in [0.1, 0.15) is 0 Å². The minimum absolute atomic E-state index is 0.559. The number of fused-ring (bicyclic) bond motifs is 9. The monoisotopic (exact) mass is 906 g/mol. The zero-order valence-corrected chi connectivity index (χ0v) is 39.5. The first kappa shape index (κ1) is 40.3. The summed E-state index contributed by atoms with van der Waals surface area (Å²) in [4.78, 5) is 0. The summed E-state index contributed by atoms with van der Waals surface area (Å²) in [5.41, 5.74) is 14.2. The molecule has 0 saturated heterocycles. The van der Waals surface area contributed by atoms with Crippen molar-refractivity contribution in [3.63, 3.8) is 0 Å².